The second-order valence-electron chi connectivity index (χ2n) is 6.39. The van der Waals surface area contributed by atoms with Gasteiger partial charge in [-0.25, -0.2) is 0 Å². The summed E-state index contributed by atoms with van der Waals surface area (Å²) < 4.78 is 5.14. The van der Waals surface area contributed by atoms with E-state index in [9.17, 15) is 9.59 Å². The number of ether oxygens (including phenoxy) is 1. The molecule has 1 N–H and O–H groups in total. The van der Waals surface area contributed by atoms with Crippen molar-refractivity contribution in [3.63, 3.8) is 0 Å². The van der Waals surface area contributed by atoms with E-state index in [1.807, 2.05) is 42.5 Å². The molecule has 6 nitrogen and oxygen atoms in total. The monoisotopic (exact) mass is 353 g/mol. The first kappa shape index (κ1) is 17.9. The van der Waals surface area contributed by atoms with E-state index in [-0.39, 0.29) is 24.2 Å². The van der Waals surface area contributed by atoms with E-state index in [0.29, 0.717) is 26.1 Å². The van der Waals surface area contributed by atoms with Gasteiger partial charge < -0.3 is 15.0 Å². The number of pyridine rings is 1. The lowest BCUT2D eigenvalue weighted by molar-refractivity contribution is -0.129. The number of hydrogen-bond acceptors (Lipinski definition) is 4. The lowest BCUT2D eigenvalue weighted by atomic mass is 10.1. The molecule has 136 valence electrons. The van der Waals surface area contributed by atoms with E-state index >= 15 is 0 Å². The molecule has 1 aliphatic heterocycles. The fourth-order valence-corrected chi connectivity index (χ4v) is 3.06. The van der Waals surface area contributed by atoms with Crippen LogP contribution in [0, 0.1) is 5.92 Å². The summed E-state index contributed by atoms with van der Waals surface area (Å²) in [4.78, 5) is 30.5. The Balaban J connectivity index is 1.47. The zero-order valence-electron chi connectivity index (χ0n) is 14.9. The number of carbonyl (C=O) groups excluding carboxylic acids is 2. The van der Waals surface area contributed by atoms with Crippen LogP contribution in [0.1, 0.15) is 17.7 Å². The number of nitrogens with zero attached hydrogens (tertiary/aromatic N) is 2. The Morgan fingerprint density at radius 2 is 2.08 bits per heavy atom. The Morgan fingerprint density at radius 1 is 1.27 bits per heavy atom. The largest absolute Gasteiger partial charge is 0.497 e. The van der Waals surface area contributed by atoms with Gasteiger partial charge in [-0.3, -0.25) is 14.6 Å². The number of hydrogen-bond donors (Lipinski definition) is 1. The second kappa shape index (κ2) is 8.47. The third-order valence-corrected chi connectivity index (χ3v) is 4.52. The van der Waals surface area contributed by atoms with E-state index in [2.05, 4.69) is 10.3 Å². The minimum absolute atomic E-state index is 0.0192. The van der Waals surface area contributed by atoms with E-state index in [1.54, 1.807) is 18.2 Å². The standard InChI is InChI=1S/C20H23N3O3/c1-26-18-7-5-15(6-8-18)13-23-14-16(12-19(23)24)20(25)22-11-9-17-4-2-3-10-21-17/h2-8,10,16H,9,11-14H2,1H3,(H,22,25). The van der Waals surface area contributed by atoms with Gasteiger partial charge in [0.05, 0.1) is 13.0 Å². The quantitative estimate of drug-likeness (QED) is 0.824. The molecule has 2 aromatic rings. The highest BCUT2D eigenvalue weighted by Crippen LogP contribution is 2.21. The Labute approximate surface area is 153 Å². The lowest BCUT2D eigenvalue weighted by Gasteiger charge is -2.17. The second-order valence-corrected chi connectivity index (χ2v) is 6.39. The van der Waals surface area contributed by atoms with Gasteiger partial charge in [-0.1, -0.05) is 18.2 Å². The molecule has 0 radical (unpaired) electrons. The fourth-order valence-electron chi connectivity index (χ4n) is 3.06. The molecule has 0 bridgehead atoms. The Morgan fingerprint density at radius 3 is 2.77 bits per heavy atom. The first-order chi connectivity index (χ1) is 12.7. The predicted molar refractivity (Wildman–Crippen MR) is 97.5 cm³/mol. The van der Waals surface area contributed by atoms with E-state index in [4.69, 9.17) is 4.74 Å². The van der Waals surface area contributed by atoms with Crippen LogP contribution in [0.4, 0.5) is 0 Å². The summed E-state index contributed by atoms with van der Waals surface area (Å²) in [5, 5.41) is 2.92. The maximum Gasteiger partial charge on any atom is 0.225 e. The smallest absolute Gasteiger partial charge is 0.225 e. The number of methoxy groups -OCH3 is 1. The van der Waals surface area contributed by atoms with Crippen LogP contribution < -0.4 is 10.1 Å². The van der Waals surface area contributed by atoms with Crippen molar-refractivity contribution in [2.24, 2.45) is 5.92 Å². The summed E-state index contributed by atoms with van der Waals surface area (Å²) in [5.41, 5.74) is 1.96. The normalized spacial score (nSPS) is 16.6. The van der Waals surface area contributed by atoms with Crippen molar-refractivity contribution in [3.8, 4) is 5.75 Å². The topological polar surface area (TPSA) is 71.5 Å². The van der Waals surface area contributed by atoms with Crippen molar-refractivity contribution in [2.45, 2.75) is 19.4 Å². The van der Waals surface area contributed by atoms with Crippen LogP contribution in [0.5, 0.6) is 5.75 Å². The van der Waals surface area contributed by atoms with Crippen LogP contribution >= 0.6 is 0 Å². The van der Waals surface area contributed by atoms with Gasteiger partial charge in [-0.2, -0.15) is 0 Å². The molecule has 2 amide bonds. The summed E-state index contributed by atoms with van der Waals surface area (Å²) >= 11 is 0. The average Bonchev–Trinajstić information content (AvgIpc) is 3.04. The molecule has 6 heteroatoms. The van der Waals surface area contributed by atoms with Crippen LogP contribution in [0.15, 0.2) is 48.7 Å². The van der Waals surface area contributed by atoms with E-state index in [0.717, 1.165) is 17.0 Å². The number of benzene rings is 1. The molecule has 3 rings (SSSR count). The van der Waals surface area contributed by atoms with Crippen molar-refractivity contribution in [1.82, 2.24) is 15.2 Å². The van der Waals surface area contributed by atoms with Gasteiger partial charge in [0, 0.05) is 44.4 Å². The van der Waals surface area contributed by atoms with Crippen LogP contribution in [-0.4, -0.2) is 41.9 Å². The van der Waals surface area contributed by atoms with Crippen molar-refractivity contribution in [3.05, 3.63) is 59.9 Å². The summed E-state index contributed by atoms with van der Waals surface area (Å²) in [6.07, 6.45) is 2.69. The molecular weight excluding hydrogens is 330 g/mol. The highest BCUT2D eigenvalue weighted by Gasteiger charge is 2.34. The predicted octanol–water partition coefficient (Wildman–Crippen LogP) is 1.80. The van der Waals surface area contributed by atoms with Crippen molar-refractivity contribution in [2.75, 3.05) is 20.2 Å². The Kier molecular flexibility index (Phi) is 5.84. The average molecular weight is 353 g/mol. The Hall–Kier alpha value is -2.89. The zero-order chi connectivity index (χ0) is 18.4. The maximum absolute atomic E-state index is 12.3. The molecule has 1 aliphatic rings. The van der Waals surface area contributed by atoms with Crippen LogP contribution in [0.2, 0.25) is 0 Å². The highest BCUT2D eigenvalue weighted by atomic mass is 16.5. The van der Waals surface area contributed by atoms with E-state index in [1.165, 1.54) is 0 Å². The number of carbonyl (C=O) groups is 2. The van der Waals surface area contributed by atoms with Gasteiger partial charge in [-0.15, -0.1) is 0 Å². The van der Waals surface area contributed by atoms with Crippen LogP contribution in [-0.2, 0) is 22.6 Å². The molecule has 1 saturated heterocycles. The third kappa shape index (κ3) is 4.59. The molecule has 2 heterocycles. The SMILES string of the molecule is COc1ccc(CN2CC(C(=O)NCCc3ccccn3)CC2=O)cc1. The molecule has 1 aromatic carbocycles. The van der Waals surface area contributed by atoms with Gasteiger partial charge >= 0.3 is 0 Å². The van der Waals surface area contributed by atoms with Gasteiger partial charge in [0.15, 0.2) is 0 Å². The van der Waals surface area contributed by atoms with Gasteiger partial charge in [0.2, 0.25) is 11.8 Å². The van der Waals surface area contributed by atoms with Gasteiger partial charge in [-0.05, 0) is 29.8 Å². The number of nitrogens with one attached hydrogen (secondary N) is 1. The number of aromatic nitrogens is 1. The number of likely N-dealkylation sites (tertiary alicyclic amines) is 1. The maximum atomic E-state index is 12.3. The van der Waals surface area contributed by atoms with E-state index < -0.39 is 0 Å². The molecule has 0 aliphatic carbocycles. The third-order valence-electron chi connectivity index (χ3n) is 4.52. The molecule has 26 heavy (non-hydrogen) atoms. The van der Waals surface area contributed by atoms with Crippen LogP contribution in [0.25, 0.3) is 0 Å². The summed E-state index contributed by atoms with van der Waals surface area (Å²) in [6, 6.07) is 13.3. The molecule has 1 atom stereocenters. The minimum atomic E-state index is -0.288. The van der Waals surface area contributed by atoms with Gasteiger partial charge in [0.25, 0.3) is 0 Å². The van der Waals surface area contributed by atoms with Crippen molar-refractivity contribution < 1.29 is 14.3 Å². The summed E-state index contributed by atoms with van der Waals surface area (Å²) in [6.45, 7) is 1.50. The molecular formula is C20H23N3O3. The fraction of sp³-hybridized carbons (Fsp3) is 0.350. The molecule has 0 saturated carbocycles. The van der Waals surface area contributed by atoms with Crippen molar-refractivity contribution in [1.29, 1.82) is 0 Å². The summed E-state index contributed by atoms with van der Waals surface area (Å²) in [5.74, 6) is 0.452. The molecule has 0 spiro atoms. The zero-order valence-corrected chi connectivity index (χ0v) is 14.9. The molecule has 1 unspecified atom stereocenters. The first-order valence-electron chi connectivity index (χ1n) is 8.74. The molecule has 1 fully saturated rings. The first-order valence-corrected chi connectivity index (χ1v) is 8.74. The van der Waals surface area contributed by atoms with Crippen molar-refractivity contribution >= 4 is 11.8 Å². The number of rotatable bonds is 7. The lowest BCUT2D eigenvalue weighted by Crippen LogP contribution is -2.34. The number of amides is 2. The summed E-state index contributed by atoms with van der Waals surface area (Å²) in [7, 11) is 1.62. The highest BCUT2D eigenvalue weighted by molar-refractivity contribution is 5.89. The molecule has 1 aromatic heterocycles. The minimum Gasteiger partial charge on any atom is -0.497 e. The van der Waals surface area contributed by atoms with Gasteiger partial charge in [0.1, 0.15) is 5.75 Å². The van der Waals surface area contributed by atoms with Crippen LogP contribution in [0.3, 0.4) is 0 Å². The Bertz CT molecular complexity index is 747.